The molecule has 0 saturated heterocycles. The lowest BCUT2D eigenvalue weighted by Crippen LogP contribution is -2.25. The van der Waals surface area contributed by atoms with Crippen molar-refractivity contribution >= 4 is 17.2 Å². The van der Waals surface area contributed by atoms with Crippen molar-refractivity contribution in [1.82, 2.24) is 0 Å². The lowest BCUT2D eigenvalue weighted by Gasteiger charge is -2.25. The summed E-state index contributed by atoms with van der Waals surface area (Å²) in [6.07, 6.45) is 2.36. The fraction of sp³-hybridized carbons (Fsp3) is 0.500. The summed E-state index contributed by atoms with van der Waals surface area (Å²) in [6, 6.07) is 3.61. The fourth-order valence-electron chi connectivity index (χ4n) is 2.80. The highest BCUT2D eigenvalue weighted by Gasteiger charge is 2.29. The molecule has 21 heavy (non-hydrogen) atoms. The largest absolute Gasteiger partial charge is 0.299 e. The summed E-state index contributed by atoms with van der Waals surface area (Å²) < 4.78 is 0. The van der Waals surface area contributed by atoms with E-state index in [-0.39, 0.29) is 29.5 Å². The van der Waals surface area contributed by atoms with Crippen molar-refractivity contribution in [2.75, 3.05) is 0 Å². The number of benzene rings is 1. The van der Waals surface area contributed by atoms with Crippen molar-refractivity contribution in [1.29, 1.82) is 0 Å². The Morgan fingerprint density at radius 1 is 1.24 bits per heavy atom. The summed E-state index contributed by atoms with van der Waals surface area (Å²) in [4.78, 5) is 32.4. The number of Topliss-reactive ketones (excluding diaryl/α,β-unsaturated/α-hetero) is 1. The van der Waals surface area contributed by atoms with Crippen LogP contribution < -0.4 is 0 Å². The number of carbonyl (C=O) groups is 1. The molecule has 0 bridgehead atoms. The molecule has 2 rings (SSSR count). The molecule has 1 aliphatic carbocycles. The van der Waals surface area contributed by atoms with Gasteiger partial charge in [0.15, 0.2) is 0 Å². The molecule has 112 valence electrons. The Balaban J connectivity index is 2.28. The van der Waals surface area contributed by atoms with Gasteiger partial charge in [0.25, 0.3) is 11.4 Å². The van der Waals surface area contributed by atoms with Gasteiger partial charge in [0, 0.05) is 24.0 Å². The van der Waals surface area contributed by atoms with Gasteiger partial charge in [0.2, 0.25) is 0 Å². The predicted octanol–water partition coefficient (Wildman–Crippen LogP) is 3.05. The van der Waals surface area contributed by atoms with Gasteiger partial charge in [-0.3, -0.25) is 25.0 Å². The number of nitro groups is 2. The van der Waals surface area contributed by atoms with Crippen molar-refractivity contribution in [3.63, 3.8) is 0 Å². The average molecular weight is 292 g/mol. The van der Waals surface area contributed by atoms with Crippen LogP contribution in [0, 0.1) is 32.1 Å². The van der Waals surface area contributed by atoms with Crippen LogP contribution in [0.3, 0.4) is 0 Å². The minimum Gasteiger partial charge on any atom is -0.299 e. The molecule has 0 spiro atoms. The predicted molar refractivity (Wildman–Crippen MR) is 75.0 cm³/mol. The molecular weight excluding hydrogens is 276 g/mol. The minimum atomic E-state index is -0.662. The van der Waals surface area contributed by atoms with E-state index >= 15 is 0 Å². The smallest absolute Gasteiger partial charge is 0.279 e. The Bertz CT molecular complexity index is 599. The highest BCUT2D eigenvalue weighted by molar-refractivity contribution is 5.82. The van der Waals surface area contributed by atoms with Gasteiger partial charge >= 0.3 is 0 Å². The topological polar surface area (TPSA) is 103 Å². The first kappa shape index (κ1) is 15.1. The van der Waals surface area contributed by atoms with Crippen LogP contribution in [0.15, 0.2) is 18.2 Å². The van der Waals surface area contributed by atoms with Crippen LogP contribution in [-0.2, 0) is 11.2 Å². The van der Waals surface area contributed by atoms with E-state index in [9.17, 15) is 25.0 Å². The quantitative estimate of drug-likeness (QED) is 0.626. The van der Waals surface area contributed by atoms with E-state index in [4.69, 9.17) is 0 Å². The van der Waals surface area contributed by atoms with E-state index in [1.807, 2.05) is 0 Å². The van der Waals surface area contributed by atoms with Crippen LogP contribution in [0.25, 0.3) is 0 Å². The summed E-state index contributed by atoms with van der Waals surface area (Å²) in [7, 11) is 0. The zero-order valence-corrected chi connectivity index (χ0v) is 11.7. The zero-order chi connectivity index (χ0) is 15.6. The molecule has 2 atom stereocenters. The van der Waals surface area contributed by atoms with Gasteiger partial charge in [-0.25, -0.2) is 0 Å². The second kappa shape index (κ2) is 5.99. The average Bonchev–Trinajstić information content (AvgIpc) is 2.42. The van der Waals surface area contributed by atoms with Crippen molar-refractivity contribution in [3.8, 4) is 0 Å². The standard InChI is InChI=1S/C14H16N2O5/c1-9-2-5-14(17)11(6-9)7-10-3-4-12(15(18)19)8-13(10)16(20)21/h3-4,8-9,11H,2,5-7H2,1H3/t9-,11-/m0/s1. The van der Waals surface area contributed by atoms with Gasteiger partial charge in [-0.1, -0.05) is 6.92 Å². The van der Waals surface area contributed by atoms with Crippen LogP contribution in [0.2, 0.25) is 0 Å². The van der Waals surface area contributed by atoms with Crippen molar-refractivity contribution < 1.29 is 14.6 Å². The summed E-state index contributed by atoms with van der Waals surface area (Å²) >= 11 is 0. The molecule has 1 aromatic rings. The lowest BCUT2D eigenvalue weighted by molar-refractivity contribution is -0.394. The summed E-state index contributed by atoms with van der Waals surface area (Å²) in [5.41, 5.74) is -0.206. The normalized spacial score (nSPS) is 22.0. The first-order chi connectivity index (χ1) is 9.88. The molecule has 0 unspecified atom stereocenters. The number of rotatable bonds is 4. The van der Waals surface area contributed by atoms with E-state index < -0.39 is 9.85 Å². The molecule has 0 N–H and O–H groups in total. The molecule has 1 saturated carbocycles. The van der Waals surface area contributed by atoms with Crippen LogP contribution in [0.5, 0.6) is 0 Å². The third kappa shape index (κ3) is 3.42. The number of non-ortho nitro benzene ring substituents is 1. The molecule has 0 aromatic heterocycles. The number of hydrogen-bond acceptors (Lipinski definition) is 5. The molecule has 0 aliphatic heterocycles. The number of carbonyl (C=O) groups excluding carboxylic acids is 1. The maximum Gasteiger partial charge on any atom is 0.279 e. The van der Waals surface area contributed by atoms with Crippen molar-refractivity contribution in [2.45, 2.75) is 32.6 Å². The Morgan fingerprint density at radius 3 is 2.57 bits per heavy atom. The Kier molecular flexibility index (Phi) is 4.30. The number of ketones is 1. The van der Waals surface area contributed by atoms with E-state index in [1.165, 1.54) is 12.1 Å². The van der Waals surface area contributed by atoms with E-state index in [0.29, 0.717) is 24.3 Å². The van der Waals surface area contributed by atoms with Gasteiger partial charge in [-0.2, -0.15) is 0 Å². The monoisotopic (exact) mass is 292 g/mol. The third-order valence-electron chi connectivity index (χ3n) is 3.97. The molecule has 1 aromatic carbocycles. The van der Waals surface area contributed by atoms with Gasteiger partial charge in [0.1, 0.15) is 5.78 Å². The van der Waals surface area contributed by atoms with Gasteiger partial charge < -0.3 is 0 Å². The van der Waals surface area contributed by atoms with Gasteiger partial charge in [0.05, 0.1) is 15.9 Å². The molecule has 7 nitrogen and oxygen atoms in total. The van der Waals surface area contributed by atoms with E-state index in [2.05, 4.69) is 6.92 Å². The second-order valence-electron chi connectivity index (χ2n) is 5.57. The highest BCUT2D eigenvalue weighted by atomic mass is 16.6. The highest BCUT2D eigenvalue weighted by Crippen LogP contribution is 2.32. The molecule has 0 heterocycles. The van der Waals surface area contributed by atoms with Gasteiger partial charge in [-0.15, -0.1) is 0 Å². The number of nitro benzene ring substituents is 2. The molecule has 0 amide bonds. The molecular formula is C14H16N2O5. The summed E-state index contributed by atoms with van der Waals surface area (Å²) in [6.45, 7) is 2.06. The van der Waals surface area contributed by atoms with Crippen LogP contribution in [0.1, 0.15) is 31.7 Å². The maximum atomic E-state index is 11.9. The first-order valence-corrected chi connectivity index (χ1v) is 6.83. The van der Waals surface area contributed by atoms with Crippen LogP contribution >= 0.6 is 0 Å². The Labute approximate surface area is 121 Å². The third-order valence-corrected chi connectivity index (χ3v) is 3.97. The fourth-order valence-corrected chi connectivity index (χ4v) is 2.80. The molecule has 7 heteroatoms. The van der Waals surface area contributed by atoms with E-state index in [0.717, 1.165) is 12.5 Å². The maximum absolute atomic E-state index is 11.9. The second-order valence-corrected chi connectivity index (χ2v) is 5.57. The minimum absolute atomic E-state index is 0.126. The van der Waals surface area contributed by atoms with Crippen molar-refractivity contribution in [3.05, 3.63) is 44.0 Å². The van der Waals surface area contributed by atoms with Gasteiger partial charge in [-0.05, 0) is 31.2 Å². The lowest BCUT2D eigenvalue weighted by atomic mass is 9.78. The molecule has 1 fully saturated rings. The van der Waals surface area contributed by atoms with Crippen molar-refractivity contribution in [2.24, 2.45) is 11.8 Å². The molecule has 1 aliphatic rings. The Morgan fingerprint density at radius 2 is 1.95 bits per heavy atom. The SMILES string of the molecule is C[C@H]1CCC(=O)[C@H](Cc2ccc([N+](=O)[O-])cc2[N+](=O)[O-])C1. The summed E-state index contributed by atoms with van der Waals surface area (Å²) in [5.74, 6) is 0.319. The summed E-state index contributed by atoms with van der Waals surface area (Å²) in [5, 5.41) is 21.8. The van der Waals surface area contributed by atoms with Crippen LogP contribution in [0.4, 0.5) is 11.4 Å². The zero-order valence-electron chi connectivity index (χ0n) is 11.7. The molecule has 0 radical (unpaired) electrons. The number of nitrogens with zero attached hydrogens (tertiary/aromatic N) is 2. The van der Waals surface area contributed by atoms with Crippen LogP contribution in [-0.4, -0.2) is 15.6 Å². The first-order valence-electron chi connectivity index (χ1n) is 6.83. The Hall–Kier alpha value is -2.31. The number of hydrogen-bond donors (Lipinski definition) is 0. The van der Waals surface area contributed by atoms with E-state index in [1.54, 1.807) is 0 Å².